The zero-order valence-electron chi connectivity index (χ0n) is 12.9. The van der Waals surface area contributed by atoms with Gasteiger partial charge >= 0.3 is 0 Å². The molecule has 0 spiro atoms. The Morgan fingerprint density at radius 1 is 1.17 bits per heavy atom. The van der Waals surface area contributed by atoms with Crippen molar-refractivity contribution in [3.05, 3.63) is 79.3 Å². The van der Waals surface area contributed by atoms with Crippen LogP contribution in [0.4, 0.5) is 5.69 Å². The topological polar surface area (TPSA) is 37.6 Å². The van der Waals surface area contributed by atoms with E-state index in [2.05, 4.69) is 11.6 Å². The predicted octanol–water partition coefficient (Wildman–Crippen LogP) is 3.83. The van der Waals surface area contributed by atoms with E-state index in [1.165, 1.54) is 0 Å². The summed E-state index contributed by atoms with van der Waals surface area (Å²) in [5, 5.41) is 0. The Balaban J connectivity index is 1.92. The van der Waals surface area contributed by atoms with Gasteiger partial charge in [0, 0.05) is 18.3 Å². The lowest BCUT2D eigenvalue weighted by molar-refractivity contribution is -0.118. The number of fused-ring (bicyclic) bond motifs is 1. The molecule has 4 heteroatoms. The van der Waals surface area contributed by atoms with Crippen molar-refractivity contribution in [3.8, 4) is 0 Å². The number of benzene rings is 1. The van der Waals surface area contributed by atoms with Crippen molar-refractivity contribution < 1.29 is 4.79 Å². The van der Waals surface area contributed by atoms with E-state index in [0.29, 0.717) is 19.4 Å². The first-order chi connectivity index (χ1) is 11.3. The molecule has 3 rings (SSSR count). The first-order valence-corrected chi connectivity index (χ1v) is 7.67. The number of anilines is 1. The second-order valence-electron chi connectivity index (χ2n) is 5.32. The van der Waals surface area contributed by atoms with Crippen LogP contribution in [-0.4, -0.2) is 15.3 Å². The molecule has 0 unspecified atom stereocenters. The third-order valence-corrected chi connectivity index (χ3v) is 3.74. The highest BCUT2D eigenvalue weighted by Crippen LogP contribution is 2.19. The molecule has 0 bridgehead atoms. The van der Waals surface area contributed by atoms with Gasteiger partial charge in [-0.1, -0.05) is 30.3 Å². The molecular weight excluding hydrogens is 286 g/mol. The number of hydrogen-bond acceptors (Lipinski definition) is 2. The van der Waals surface area contributed by atoms with Gasteiger partial charge < -0.3 is 9.30 Å². The standard InChI is InChI=1S/C19H19N3O/c1-2-3-12-19(23)22(16-9-5-4-6-10-16)15-17-14-20-18-11-7-8-13-21(17)18/h2,4-11,13-14H,1,3,12,15H2. The monoisotopic (exact) mass is 305 g/mol. The number of pyridine rings is 1. The quantitative estimate of drug-likeness (QED) is 0.649. The molecule has 0 radical (unpaired) electrons. The molecule has 2 aromatic heterocycles. The Labute approximate surface area is 135 Å². The van der Waals surface area contributed by atoms with Crippen LogP contribution in [0.25, 0.3) is 5.65 Å². The Kier molecular flexibility index (Phi) is 4.52. The maximum Gasteiger partial charge on any atom is 0.227 e. The fourth-order valence-electron chi connectivity index (χ4n) is 2.56. The van der Waals surface area contributed by atoms with Crippen LogP contribution in [0.3, 0.4) is 0 Å². The fraction of sp³-hybridized carbons (Fsp3) is 0.158. The van der Waals surface area contributed by atoms with E-state index in [9.17, 15) is 4.79 Å². The third kappa shape index (κ3) is 3.31. The number of imidazole rings is 1. The van der Waals surface area contributed by atoms with E-state index in [-0.39, 0.29) is 5.91 Å². The van der Waals surface area contributed by atoms with E-state index in [0.717, 1.165) is 17.0 Å². The van der Waals surface area contributed by atoms with E-state index in [1.54, 1.807) is 11.0 Å². The number of nitrogens with zero attached hydrogens (tertiary/aromatic N) is 3. The number of para-hydroxylation sites is 1. The van der Waals surface area contributed by atoms with E-state index < -0.39 is 0 Å². The lowest BCUT2D eigenvalue weighted by atomic mass is 10.2. The SMILES string of the molecule is C=CCCC(=O)N(Cc1cnc2ccccn12)c1ccccc1. The number of carbonyl (C=O) groups is 1. The summed E-state index contributed by atoms with van der Waals surface area (Å²) < 4.78 is 2.01. The highest BCUT2D eigenvalue weighted by molar-refractivity contribution is 5.93. The van der Waals surface area contributed by atoms with Gasteiger partial charge in [-0.05, 0) is 30.7 Å². The van der Waals surface area contributed by atoms with E-state index >= 15 is 0 Å². The molecule has 3 aromatic rings. The van der Waals surface area contributed by atoms with Crippen LogP contribution in [0, 0.1) is 0 Å². The first-order valence-electron chi connectivity index (χ1n) is 7.67. The van der Waals surface area contributed by atoms with Gasteiger partial charge in [0.15, 0.2) is 0 Å². The minimum absolute atomic E-state index is 0.0852. The largest absolute Gasteiger partial charge is 0.306 e. The molecule has 0 fully saturated rings. The highest BCUT2D eigenvalue weighted by atomic mass is 16.2. The Morgan fingerprint density at radius 3 is 2.74 bits per heavy atom. The van der Waals surface area contributed by atoms with Gasteiger partial charge in [-0.2, -0.15) is 0 Å². The molecule has 1 aromatic carbocycles. The highest BCUT2D eigenvalue weighted by Gasteiger charge is 2.17. The number of hydrogen-bond donors (Lipinski definition) is 0. The molecule has 116 valence electrons. The lowest BCUT2D eigenvalue weighted by Gasteiger charge is -2.22. The summed E-state index contributed by atoms with van der Waals surface area (Å²) in [6, 6.07) is 15.6. The molecular formula is C19H19N3O. The molecule has 0 aliphatic heterocycles. The zero-order valence-corrected chi connectivity index (χ0v) is 12.9. The molecule has 0 saturated carbocycles. The molecule has 23 heavy (non-hydrogen) atoms. The first kappa shape index (κ1) is 15.0. The lowest BCUT2D eigenvalue weighted by Crippen LogP contribution is -2.30. The van der Waals surface area contributed by atoms with Gasteiger partial charge in [-0.25, -0.2) is 4.98 Å². The Hall–Kier alpha value is -2.88. The van der Waals surface area contributed by atoms with Crippen molar-refractivity contribution in [2.24, 2.45) is 0 Å². The van der Waals surface area contributed by atoms with Crippen molar-refractivity contribution in [2.75, 3.05) is 4.90 Å². The maximum atomic E-state index is 12.6. The molecule has 0 saturated heterocycles. The Bertz CT molecular complexity index is 808. The number of carbonyl (C=O) groups excluding carboxylic acids is 1. The van der Waals surface area contributed by atoms with Gasteiger partial charge in [0.2, 0.25) is 5.91 Å². The number of rotatable bonds is 6. The third-order valence-electron chi connectivity index (χ3n) is 3.74. The van der Waals surface area contributed by atoms with Gasteiger partial charge in [0.05, 0.1) is 18.4 Å². The van der Waals surface area contributed by atoms with E-state index in [4.69, 9.17) is 0 Å². The Morgan fingerprint density at radius 2 is 1.96 bits per heavy atom. The van der Waals surface area contributed by atoms with Crippen LogP contribution in [0.15, 0.2) is 73.6 Å². The van der Waals surface area contributed by atoms with Gasteiger partial charge in [-0.15, -0.1) is 6.58 Å². The average Bonchev–Trinajstić information content (AvgIpc) is 3.01. The van der Waals surface area contributed by atoms with Crippen LogP contribution >= 0.6 is 0 Å². The summed E-state index contributed by atoms with van der Waals surface area (Å²) >= 11 is 0. The van der Waals surface area contributed by atoms with Gasteiger partial charge in [0.25, 0.3) is 0 Å². The van der Waals surface area contributed by atoms with Gasteiger partial charge in [0.1, 0.15) is 5.65 Å². The summed E-state index contributed by atoms with van der Waals surface area (Å²) in [5.41, 5.74) is 2.76. The molecule has 0 N–H and O–H groups in total. The average molecular weight is 305 g/mol. The van der Waals surface area contributed by atoms with Crippen molar-refractivity contribution in [1.82, 2.24) is 9.38 Å². The van der Waals surface area contributed by atoms with Crippen LogP contribution in [0.1, 0.15) is 18.5 Å². The second-order valence-corrected chi connectivity index (χ2v) is 5.32. The summed E-state index contributed by atoms with van der Waals surface area (Å²) in [5.74, 6) is 0.0852. The molecule has 4 nitrogen and oxygen atoms in total. The van der Waals surface area contributed by atoms with Crippen molar-refractivity contribution >= 4 is 17.2 Å². The van der Waals surface area contributed by atoms with Gasteiger partial charge in [-0.3, -0.25) is 4.79 Å². The normalized spacial score (nSPS) is 10.6. The summed E-state index contributed by atoms with van der Waals surface area (Å²) in [6.45, 7) is 4.19. The number of allylic oxidation sites excluding steroid dienone is 1. The van der Waals surface area contributed by atoms with Crippen LogP contribution < -0.4 is 4.90 Å². The minimum Gasteiger partial charge on any atom is -0.306 e. The van der Waals surface area contributed by atoms with E-state index in [1.807, 2.05) is 65.3 Å². The van der Waals surface area contributed by atoms with Crippen molar-refractivity contribution in [1.29, 1.82) is 0 Å². The summed E-state index contributed by atoms with van der Waals surface area (Å²) in [4.78, 5) is 18.8. The maximum absolute atomic E-state index is 12.6. The molecule has 1 amide bonds. The minimum atomic E-state index is 0.0852. The second kappa shape index (κ2) is 6.92. The molecule has 0 aliphatic carbocycles. The van der Waals surface area contributed by atoms with Crippen LogP contribution in [0.5, 0.6) is 0 Å². The summed E-state index contributed by atoms with van der Waals surface area (Å²) in [6.07, 6.45) is 6.70. The number of amides is 1. The molecule has 0 aliphatic rings. The molecule has 2 heterocycles. The van der Waals surface area contributed by atoms with Crippen LogP contribution in [-0.2, 0) is 11.3 Å². The number of aromatic nitrogens is 2. The van der Waals surface area contributed by atoms with Crippen LogP contribution in [0.2, 0.25) is 0 Å². The van der Waals surface area contributed by atoms with Crippen molar-refractivity contribution in [3.63, 3.8) is 0 Å². The van der Waals surface area contributed by atoms with Crippen molar-refractivity contribution in [2.45, 2.75) is 19.4 Å². The zero-order chi connectivity index (χ0) is 16.1. The smallest absolute Gasteiger partial charge is 0.227 e. The summed E-state index contributed by atoms with van der Waals surface area (Å²) in [7, 11) is 0. The molecule has 0 atom stereocenters. The predicted molar refractivity (Wildman–Crippen MR) is 92.3 cm³/mol. The fourth-order valence-corrected chi connectivity index (χ4v) is 2.56.